The van der Waals surface area contributed by atoms with Gasteiger partial charge in [-0.3, -0.25) is 0 Å². The van der Waals surface area contributed by atoms with E-state index in [-0.39, 0.29) is 5.75 Å². The van der Waals surface area contributed by atoms with Crippen molar-refractivity contribution in [3.05, 3.63) is 35.8 Å². The van der Waals surface area contributed by atoms with Crippen molar-refractivity contribution in [2.24, 2.45) is 0 Å². The van der Waals surface area contributed by atoms with Crippen molar-refractivity contribution in [2.75, 3.05) is 7.11 Å². The highest BCUT2D eigenvalue weighted by atomic mass is 16.5. The highest BCUT2D eigenvalue weighted by Gasteiger charge is 1.99. The first-order valence-corrected chi connectivity index (χ1v) is 3.70. The standard InChI is InChI=1S/C10H10O3/c1-13-10-7-8(3-2-6-11)4-5-9(10)12/h3-7,11-12H,1H3. The lowest BCUT2D eigenvalue weighted by atomic mass is 10.2. The van der Waals surface area contributed by atoms with Crippen LogP contribution < -0.4 is 4.74 Å². The number of aromatic hydroxyl groups is 1. The minimum absolute atomic E-state index is 0.0904. The van der Waals surface area contributed by atoms with Gasteiger partial charge in [0.15, 0.2) is 11.5 Å². The quantitative estimate of drug-likeness (QED) is 0.538. The van der Waals surface area contributed by atoms with Gasteiger partial charge in [-0.15, -0.1) is 0 Å². The zero-order chi connectivity index (χ0) is 9.68. The van der Waals surface area contributed by atoms with Gasteiger partial charge in [0.25, 0.3) is 0 Å². The summed E-state index contributed by atoms with van der Waals surface area (Å²) in [6, 6.07) is 4.85. The van der Waals surface area contributed by atoms with Crippen molar-refractivity contribution in [2.45, 2.75) is 0 Å². The van der Waals surface area contributed by atoms with E-state index in [4.69, 9.17) is 9.84 Å². The molecule has 0 radical (unpaired) electrons. The summed E-state index contributed by atoms with van der Waals surface area (Å²) in [4.78, 5) is 0. The van der Waals surface area contributed by atoms with E-state index in [2.05, 4.69) is 5.73 Å². The maximum Gasteiger partial charge on any atom is 0.161 e. The molecule has 0 saturated carbocycles. The maximum atomic E-state index is 9.24. The number of benzene rings is 1. The first-order valence-electron chi connectivity index (χ1n) is 3.70. The summed E-state index contributed by atoms with van der Waals surface area (Å²) >= 11 is 0. The van der Waals surface area contributed by atoms with Crippen molar-refractivity contribution in [3.8, 4) is 11.5 Å². The molecule has 0 saturated heterocycles. The Bertz CT molecular complexity index is 349. The molecule has 0 unspecified atom stereocenters. The van der Waals surface area contributed by atoms with E-state index in [1.165, 1.54) is 13.2 Å². The number of hydrogen-bond acceptors (Lipinski definition) is 3. The van der Waals surface area contributed by atoms with Crippen molar-refractivity contribution >= 4 is 6.08 Å². The molecule has 13 heavy (non-hydrogen) atoms. The lowest BCUT2D eigenvalue weighted by Crippen LogP contribution is -1.83. The first-order chi connectivity index (χ1) is 6.27. The number of aliphatic hydroxyl groups excluding tert-OH is 1. The molecule has 1 rings (SSSR count). The summed E-state index contributed by atoms with van der Waals surface area (Å²) in [7, 11) is 1.48. The van der Waals surface area contributed by atoms with Gasteiger partial charge in [-0.25, -0.2) is 0 Å². The SMILES string of the molecule is COc1cc(C=C=CO)ccc1O. The minimum atomic E-state index is 0.0904. The highest BCUT2D eigenvalue weighted by Crippen LogP contribution is 2.26. The molecule has 0 aliphatic carbocycles. The van der Waals surface area contributed by atoms with Crippen LogP contribution in [0.4, 0.5) is 0 Å². The molecule has 3 heteroatoms. The number of ether oxygens (including phenoxy) is 1. The van der Waals surface area contributed by atoms with Crippen LogP contribution in [0.15, 0.2) is 30.2 Å². The monoisotopic (exact) mass is 178 g/mol. The topological polar surface area (TPSA) is 49.7 Å². The van der Waals surface area contributed by atoms with Gasteiger partial charge in [0, 0.05) is 0 Å². The molecule has 1 aromatic rings. The Morgan fingerprint density at radius 1 is 1.46 bits per heavy atom. The Labute approximate surface area is 76.2 Å². The first kappa shape index (κ1) is 9.23. The summed E-state index contributed by atoms with van der Waals surface area (Å²) < 4.78 is 4.90. The lowest BCUT2D eigenvalue weighted by Gasteiger charge is -2.02. The van der Waals surface area contributed by atoms with Gasteiger partial charge in [0.1, 0.15) is 6.26 Å². The number of rotatable bonds is 2. The fourth-order valence-electron chi connectivity index (χ4n) is 0.917. The van der Waals surface area contributed by atoms with Crippen molar-refractivity contribution in [3.63, 3.8) is 0 Å². The Hall–Kier alpha value is -1.86. The van der Waals surface area contributed by atoms with Crippen LogP contribution in [-0.2, 0) is 0 Å². The molecule has 0 heterocycles. The number of phenols is 1. The van der Waals surface area contributed by atoms with Crippen molar-refractivity contribution in [1.29, 1.82) is 0 Å². The zero-order valence-electron chi connectivity index (χ0n) is 7.19. The van der Waals surface area contributed by atoms with E-state index in [0.717, 1.165) is 11.8 Å². The summed E-state index contributed by atoms with van der Waals surface area (Å²) in [6.07, 6.45) is 2.39. The number of hydrogen-bond donors (Lipinski definition) is 2. The van der Waals surface area contributed by atoms with Crippen LogP contribution in [0.3, 0.4) is 0 Å². The van der Waals surface area contributed by atoms with E-state index >= 15 is 0 Å². The molecule has 68 valence electrons. The molecule has 2 N–H and O–H groups in total. The van der Waals surface area contributed by atoms with Crippen LogP contribution in [0.5, 0.6) is 11.5 Å². The largest absolute Gasteiger partial charge is 0.507 e. The maximum absolute atomic E-state index is 9.24. The third kappa shape index (κ3) is 2.29. The van der Waals surface area contributed by atoms with E-state index < -0.39 is 0 Å². The summed E-state index contributed by atoms with van der Waals surface area (Å²) in [5.41, 5.74) is 3.30. The predicted molar refractivity (Wildman–Crippen MR) is 49.8 cm³/mol. The van der Waals surface area contributed by atoms with Crippen molar-refractivity contribution < 1.29 is 14.9 Å². The van der Waals surface area contributed by atoms with Crippen LogP contribution in [0.1, 0.15) is 5.56 Å². The van der Waals surface area contributed by atoms with E-state index in [9.17, 15) is 5.11 Å². The third-order valence-electron chi connectivity index (χ3n) is 1.53. The fraction of sp³-hybridized carbons (Fsp3) is 0.100. The predicted octanol–water partition coefficient (Wildman–Crippen LogP) is 2.08. The molecule has 0 spiro atoms. The normalized spacial score (nSPS) is 8.69. The molecule has 0 amide bonds. The van der Waals surface area contributed by atoms with Gasteiger partial charge < -0.3 is 14.9 Å². The minimum Gasteiger partial charge on any atom is -0.507 e. The molecule has 0 atom stereocenters. The summed E-state index contributed by atoms with van der Waals surface area (Å²) in [6.45, 7) is 0. The Kier molecular flexibility index (Phi) is 3.01. The fourth-order valence-corrected chi connectivity index (χ4v) is 0.917. The highest BCUT2D eigenvalue weighted by molar-refractivity contribution is 5.54. The van der Waals surface area contributed by atoms with Gasteiger partial charge in [-0.2, -0.15) is 0 Å². The van der Waals surface area contributed by atoms with E-state index in [1.54, 1.807) is 18.2 Å². The summed E-state index contributed by atoms with van der Waals surface area (Å²) in [5.74, 6) is 0.487. The second-order valence-electron chi connectivity index (χ2n) is 2.37. The van der Waals surface area contributed by atoms with Crippen LogP contribution in [-0.4, -0.2) is 17.3 Å². The Balaban J connectivity index is 3.06. The van der Waals surface area contributed by atoms with Crippen molar-refractivity contribution in [1.82, 2.24) is 0 Å². The van der Waals surface area contributed by atoms with Gasteiger partial charge in [-0.1, -0.05) is 11.8 Å². The van der Waals surface area contributed by atoms with Gasteiger partial charge >= 0.3 is 0 Å². The van der Waals surface area contributed by atoms with Crippen LogP contribution in [0.2, 0.25) is 0 Å². The van der Waals surface area contributed by atoms with E-state index in [0.29, 0.717) is 5.75 Å². The lowest BCUT2D eigenvalue weighted by molar-refractivity contribution is 0.373. The second-order valence-corrected chi connectivity index (χ2v) is 2.37. The van der Waals surface area contributed by atoms with Crippen LogP contribution in [0.25, 0.3) is 6.08 Å². The van der Waals surface area contributed by atoms with E-state index in [1.807, 2.05) is 0 Å². The smallest absolute Gasteiger partial charge is 0.161 e. The van der Waals surface area contributed by atoms with Crippen LogP contribution >= 0.6 is 0 Å². The average Bonchev–Trinajstić information content (AvgIpc) is 2.16. The van der Waals surface area contributed by atoms with Crippen LogP contribution in [0, 0.1) is 0 Å². The molecule has 0 bridgehead atoms. The molecular formula is C10H10O3. The third-order valence-corrected chi connectivity index (χ3v) is 1.53. The Morgan fingerprint density at radius 2 is 2.23 bits per heavy atom. The second kappa shape index (κ2) is 4.24. The molecule has 3 nitrogen and oxygen atoms in total. The number of phenolic OH excluding ortho intramolecular Hbond substituents is 1. The Morgan fingerprint density at radius 3 is 2.85 bits per heavy atom. The van der Waals surface area contributed by atoms with Gasteiger partial charge in [0.2, 0.25) is 0 Å². The number of methoxy groups -OCH3 is 1. The van der Waals surface area contributed by atoms with Gasteiger partial charge in [0.05, 0.1) is 7.11 Å². The average molecular weight is 178 g/mol. The molecule has 0 aliphatic rings. The molecule has 0 aliphatic heterocycles. The summed E-state index contributed by atoms with van der Waals surface area (Å²) in [5, 5.41) is 17.6. The molecule has 0 fully saturated rings. The zero-order valence-corrected chi connectivity index (χ0v) is 7.19. The van der Waals surface area contributed by atoms with Gasteiger partial charge in [-0.05, 0) is 23.8 Å². The molecular weight excluding hydrogens is 168 g/mol. The molecule has 1 aromatic carbocycles. The molecule has 0 aromatic heterocycles. The number of aliphatic hydroxyl groups is 1.